The van der Waals surface area contributed by atoms with E-state index in [-0.39, 0.29) is 0 Å². The molecule has 0 amide bonds. The van der Waals surface area contributed by atoms with Gasteiger partial charge in [0.25, 0.3) is 0 Å². The molecular weight excluding hydrogens is 286 g/mol. The first-order valence-electron chi connectivity index (χ1n) is 7.18. The highest BCUT2D eigenvalue weighted by atomic mass is 79.9. The Bertz CT molecular complexity index is 386. The number of benzene rings is 1. The minimum atomic E-state index is 0.490. The lowest BCUT2D eigenvalue weighted by atomic mass is 9.64. The fourth-order valence-electron chi connectivity index (χ4n) is 3.57. The van der Waals surface area contributed by atoms with Crippen molar-refractivity contribution in [3.05, 3.63) is 34.3 Å². The van der Waals surface area contributed by atoms with Crippen LogP contribution in [0.15, 0.2) is 28.7 Å². The molecule has 2 atom stereocenters. The molecule has 100 valence electrons. The van der Waals surface area contributed by atoms with Gasteiger partial charge in [-0.3, -0.25) is 0 Å². The molecule has 1 fully saturated rings. The maximum absolute atomic E-state index is 3.74. The predicted octanol–water partition coefficient (Wildman–Crippen LogP) is 4.72. The first-order valence-corrected chi connectivity index (χ1v) is 7.98. The number of rotatable bonds is 4. The van der Waals surface area contributed by atoms with Crippen LogP contribution in [0.3, 0.4) is 0 Å². The molecule has 0 spiro atoms. The SMILES string of the molecule is CCCC1(CC)CCNCC1c1ccccc1Br. The first-order chi connectivity index (χ1) is 8.73. The zero-order chi connectivity index (χ0) is 13.0. The monoisotopic (exact) mass is 309 g/mol. The second-order valence-corrected chi connectivity index (χ2v) is 6.35. The summed E-state index contributed by atoms with van der Waals surface area (Å²) in [6.45, 7) is 6.98. The molecule has 1 heterocycles. The van der Waals surface area contributed by atoms with Crippen molar-refractivity contribution in [3.8, 4) is 0 Å². The van der Waals surface area contributed by atoms with Gasteiger partial charge in [-0.25, -0.2) is 0 Å². The molecule has 1 aromatic carbocycles. The smallest absolute Gasteiger partial charge is 0.0210 e. The van der Waals surface area contributed by atoms with Crippen molar-refractivity contribution in [1.29, 1.82) is 0 Å². The highest BCUT2D eigenvalue weighted by Crippen LogP contribution is 2.48. The van der Waals surface area contributed by atoms with Crippen molar-refractivity contribution >= 4 is 15.9 Å². The van der Waals surface area contributed by atoms with Crippen molar-refractivity contribution in [2.45, 2.75) is 45.4 Å². The lowest BCUT2D eigenvalue weighted by molar-refractivity contribution is 0.138. The van der Waals surface area contributed by atoms with Crippen LogP contribution in [0.4, 0.5) is 0 Å². The Kier molecular flexibility index (Phi) is 4.85. The standard InChI is InChI=1S/C16H24BrN/c1-3-9-16(4-2)10-11-18-12-14(16)13-7-5-6-8-15(13)17/h5-8,14,18H,3-4,9-12H2,1-2H3. The largest absolute Gasteiger partial charge is 0.316 e. The molecule has 18 heavy (non-hydrogen) atoms. The van der Waals surface area contributed by atoms with Gasteiger partial charge in [0.05, 0.1) is 0 Å². The quantitative estimate of drug-likeness (QED) is 0.848. The van der Waals surface area contributed by atoms with Crippen LogP contribution >= 0.6 is 15.9 Å². The highest BCUT2D eigenvalue weighted by Gasteiger charge is 2.39. The second kappa shape index (κ2) is 6.21. The van der Waals surface area contributed by atoms with Crippen LogP contribution in [0.2, 0.25) is 0 Å². The van der Waals surface area contributed by atoms with Crippen LogP contribution in [0, 0.1) is 5.41 Å². The Labute approximate surface area is 119 Å². The van der Waals surface area contributed by atoms with Gasteiger partial charge in [-0.05, 0) is 42.9 Å². The van der Waals surface area contributed by atoms with Crippen molar-refractivity contribution in [3.63, 3.8) is 0 Å². The summed E-state index contributed by atoms with van der Waals surface area (Å²) in [5.74, 6) is 0.645. The van der Waals surface area contributed by atoms with Crippen molar-refractivity contribution in [2.75, 3.05) is 13.1 Å². The van der Waals surface area contributed by atoms with Gasteiger partial charge in [-0.2, -0.15) is 0 Å². The van der Waals surface area contributed by atoms with Crippen LogP contribution < -0.4 is 5.32 Å². The fraction of sp³-hybridized carbons (Fsp3) is 0.625. The van der Waals surface area contributed by atoms with Crippen molar-refractivity contribution < 1.29 is 0 Å². The summed E-state index contributed by atoms with van der Waals surface area (Å²) < 4.78 is 1.27. The van der Waals surface area contributed by atoms with E-state index < -0.39 is 0 Å². The van der Waals surface area contributed by atoms with Gasteiger partial charge in [0, 0.05) is 16.9 Å². The van der Waals surface area contributed by atoms with Gasteiger partial charge in [0.15, 0.2) is 0 Å². The molecule has 2 rings (SSSR count). The maximum Gasteiger partial charge on any atom is 0.0210 e. The van der Waals surface area contributed by atoms with Gasteiger partial charge in [-0.1, -0.05) is 54.4 Å². The number of hydrogen-bond donors (Lipinski definition) is 1. The van der Waals surface area contributed by atoms with Gasteiger partial charge in [0.2, 0.25) is 0 Å². The zero-order valence-electron chi connectivity index (χ0n) is 11.5. The number of halogens is 1. The third-order valence-corrected chi connectivity index (χ3v) is 5.34. The minimum absolute atomic E-state index is 0.490. The van der Waals surface area contributed by atoms with E-state index in [4.69, 9.17) is 0 Å². The van der Waals surface area contributed by atoms with E-state index in [2.05, 4.69) is 59.4 Å². The predicted molar refractivity (Wildman–Crippen MR) is 82.0 cm³/mol. The molecule has 2 heteroatoms. The average molecular weight is 310 g/mol. The van der Waals surface area contributed by atoms with E-state index in [1.165, 1.54) is 42.3 Å². The molecular formula is C16H24BrN. The number of hydrogen-bond acceptors (Lipinski definition) is 1. The number of nitrogens with one attached hydrogen (secondary N) is 1. The lowest BCUT2D eigenvalue weighted by Gasteiger charge is -2.45. The number of piperidine rings is 1. The molecule has 0 aromatic heterocycles. The van der Waals surface area contributed by atoms with Gasteiger partial charge in [-0.15, -0.1) is 0 Å². The average Bonchev–Trinajstić information content (AvgIpc) is 2.40. The first kappa shape index (κ1) is 14.1. The molecule has 0 bridgehead atoms. The Morgan fingerprint density at radius 1 is 1.33 bits per heavy atom. The topological polar surface area (TPSA) is 12.0 Å². The van der Waals surface area contributed by atoms with E-state index in [9.17, 15) is 0 Å². The van der Waals surface area contributed by atoms with Crippen LogP contribution in [0.5, 0.6) is 0 Å². The van der Waals surface area contributed by atoms with Crippen LogP contribution in [-0.2, 0) is 0 Å². The normalized spacial score (nSPS) is 28.3. The Morgan fingerprint density at radius 2 is 2.11 bits per heavy atom. The molecule has 2 unspecified atom stereocenters. The molecule has 1 aliphatic rings. The van der Waals surface area contributed by atoms with Crippen LogP contribution in [0.1, 0.15) is 51.0 Å². The zero-order valence-corrected chi connectivity index (χ0v) is 13.1. The van der Waals surface area contributed by atoms with Crippen LogP contribution in [0.25, 0.3) is 0 Å². The molecule has 0 radical (unpaired) electrons. The minimum Gasteiger partial charge on any atom is -0.316 e. The maximum atomic E-state index is 3.74. The molecule has 1 aliphatic heterocycles. The van der Waals surface area contributed by atoms with Gasteiger partial charge >= 0.3 is 0 Å². The molecule has 1 aromatic rings. The summed E-state index contributed by atoms with van der Waals surface area (Å²) >= 11 is 3.74. The summed E-state index contributed by atoms with van der Waals surface area (Å²) in [4.78, 5) is 0. The van der Waals surface area contributed by atoms with E-state index >= 15 is 0 Å². The Morgan fingerprint density at radius 3 is 2.78 bits per heavy atom. The van der Waals surface area contributed by atoms with Crippen molar-refractivity contribution in [2.24, 2.45) is 5.41 Å². The third kappa shape index (κ3) is 2.65. The summed E-state index contributed by atoms with van der Waals surface area (Å²) in [6, 6.07) is 8.75. The van der Waals surface area contributed by atoms with E-state index in [1.54, 1.807) is 0 Å². The molecule has 1 N–H and O–H groups in total. The van der Waals surface area contributed by atoms with Crippen molar-refractivity contribution in [1.82, 2.24) is 5.32 Å². The lowest BCUT2D eigenvalue weighted by Crippen LogP contribution is -2.43. The van der Waals surface area contributed by atoms with Gasteiger partial charge < -0.3 is 5.32 Å². The highest BCUT2D eigenvalue weighted by molar-refractivity contribution is 9.10. The second-order valence-electron chi connectivity index (χ2n) is 5.49. The summed E-state index contributed by atoms with van der Waals surface area (Å²) in [6.07, 6.45) is 5.23. The summed E-state index contributed by atoms with van der Waals surface area (Å²) in [5.41, 5.74) is 1.98. The van der Waals surface area contributed by atoms with Crippen LogP contribution in [-0.4, -0.2) is 13.1 Å². The van der Waals surface area contributed by atoms with E-state index in [0.29, 0.717) is 11.3 Å². The molecule has 0 aliphatic carbocycles. The van der Waals surface area contributed by atoms with E-state index in [0.717, 1.165) is 6.54 Å². The summed E-state index contributed by atoms with van der Waals surface area (Å²) in [5, 5.41) is 3.59. The fourth-order valence-corrected chi connectivity index (χ4v) is 4.13. The molecule has 1 saturated heterocycles. The Hall–Kier alpha value is -0.340. The van der Waals surface area contributed by atoms with E-state index in [1.807, 2.05) is 0 Å². The van der Waals surface area contributed by atoms with Gasteiger partial charge in [0.1, 0.15) is 0 Å². The Balaban J connectivity index is 2.35. The molecule has 1 nitrogen and oxygen atoms in total. The third-order valence-electron chi connectivity index (χ3n) is 4.62. The summed E-state index contributed by atoms with van der Waals surface area (Å²) in [7, 11) is 0. The molecule has 0 saturated carbocycles.